The van der Waals surface area contributed by atoms with Gasteiger partial charge in [-0.25, -0.2) is 4.98 Å². The van der Waals surface area contributed by atoms with Crippen LogP contribution < -0.4 is 10.6 Å². The smallest absolute Gasteiger partial charge is 0.329 e. The molecule has 18 heavy (non-hydrogen) atoms. The van der Waals surface area contributed by atoms with E-state index < -0.39 is 10.9 Å². The van der Waals surface area contributed by atoms with E-state index in [1.54, 1.807) is 0 Å². The molecule has 0 spiro atoms. The average molecular weight is 255 g/mol. The third-order valence-corrected chi connectivity index (χ3v) is 1.93. The highest BCUT2D eigenvalue weighted by atomic mass is 16.6. The molecule has 0 saturated heterocycles. The Hall–Kier alpha value is -2.45. The summed E-state index contributed by atoms with van der Waals surface area (Å²) in [4.78, 5) is 28.8. The first kappa shape index (κ1) is 13.6. The number of hydrogen-bond acceptors (Lipinski definition) is 8. The Balaban J connectivity index is 2.92. The van der Waals surface area contributed by atoms with Gasteiger partial charge in [-0.15, -0.1) is 0 Å². The van der Waals surface area contributed by atoms with Crippen LogP contribution >= 0.6 is 0 Å². The van der Waals surface area contributed by atoms with Crippen molar-refractivity contribution < 1.29 is 14.5 Å². The molecule has 9 heteroatoms. The van der Waals surface area contributed by atoms with Crippen LogP contribution in [0.5, 0.6) is 0 Å². The number of hydrogen-bond donors (Lipinski definition) is 2. The van der Waals surface area contributed by atoms with E-state index in [4.69, 9.17) is 0 Å². The molecule has 0 atom stereocenters. The van der Waals surface area contributed by atoms with Gasteiger partial charge in [0, 0.05) is 6.54 Å². The Bertz CT molecular complexity index is 451. The second-order valence-electron chi connectivity index (χ2n) is 3.14. The first-order chi connectivity index (χ1) is 8.58. The molecule has 0 saturated carbocycles. The number of methoxy groups -OCH3 is 1. The molecule has 1 heterocycles. The van der Waals surface area contributed by atoms with Crippen LogP contribution in [0.3, 0.4) is 0 Å². The van der Waals surface area contributed by atoms with Gasteiger partial charge in [0.1, 0.15) is 12.7 Å². The minimum atomic E-state index is -0.630. The van der Waals surface area contributed by atoms with Gasteiger partial charge in [-0.2, -0.15) is 4.98 Å². The summed E-state index contributed by atoms with van der Waals surface area (Å²) in [6.45, 7) is 2.21. The third-order valence-electron chi connectivity index (χ3n) is 1.93. The number of esters is 1. The van der Waals surface area contributed by atoms with Gasteiger partial charge >= 0.3 is 11.7 Å². The Labute approximate surface area is 103 Å². The zero-order chi connectivity index (χ0) is 13.5. The van der Waals surface area contributed by atoms with Crippen molar-refractivity contribution in [2.45, 2.75) is 6.92 Å². The highest BCUT2D eigenvalue weighted by Gasteiger charge is 2.17. The van der Waals surface area contributed by atoms with E-state index in [2.05, 4.69) is 25.3 Å². The summed E-state index contributed by atoms with van der Waals surface area (Å²) < 4.78 is 4.42. The van der Waals surface area contributed by atoms with Crippen molar-refractivity contribution in [1.29, 1.82) is 0 Å². The molecular formula is C9H13N5O4. The van der Waals surface area contributed by atoms with Gasteiger partial charge in [-0.3, -0.25) is 14.9 Å². The summed E-state index contributed by atoms with van der Waals surface area (Å²) in [5.74, 6) is -0.334. The van der Waals surface area contributed by atoms with Crippen LogP contribution in [0.15, 0.2) is 6.20 Å². The highest BCUT2D eigenvalue weighted by molar-refractivity contribution is 5.75. The molecule has 2 N–H and O–H groups in total. The molecule has 9 nitrogen and oxygen atoms in total. The van der Waals surface area contributed by atoms with E-state index in [0.29, 0.717) is 6.54 Å². The normalized spacial score (nSPS) is 9.67. The molecule has 0 aliphatic carbocycles. The van der Waals surface area contributed by atoms with Crippen molar-refractivity contribution in [2.75, 3.05) is 30.8 Å². The number of nitro groups is 1. The van der Waals surface area contributed by atoms with Crippen molar-refractivity contribution in [1.82, 2.24) is 9.97 Å². The SMILES string of the molecule is CCNc1ncc([N+](=O)[O-])c(NCC(=O)OC)n1. The van der Waals surface area contributed by atoms with Crippen LogP contribution in [0, 0.1) is 10.1 Å². The quantitative estimate of drug-likeness (QED) is 0.426. The van der Waals surface area contributed by atoms with Crippen LogP contribution in [-0.2, 0) is 9.53 Å². The zero-order valence-corrected chi connectivity index (χ0v) is 9.97. The fourth-order valence-electron chi connectivity index (χ4n) is 1.11. The molecule has 1 aromatic heterocycles. The maximum atomic E-state index is 11.0. The molecule has 0 bridgehead atoms. The molecule has 98 valence electrons. The number of aromatic nitrogens is 2. The van der Waals surface area contributed by atoms with Crippen molar-refractivity contribution in [3.8, 4) is 0 Å². The fraction of sp³-hybridized carbons (Fsp3) is 0.444. The van der Waals surface area contributed by atoms with Gasteiger partial charge in [-0.05, 0) is 6.92 Å². The minimum Gasteiger partial charge on any atom is -0.468 e. The number of rotatable bonds is 6. The van der Waals surface area contributed by atoms with Crippen molar-refractivity contribution in [3.63, 3.8) is 0 Å². The molecule has 0 aliphatic heterocycles. The van der Waals surface area contributed by atoms with Crippen LogP contribution in [0.2, 0.25) is 0 Å². The fourth-order valence-corrected chi connectivity index (χ4v) is 1.11. The number of anilines is 2. The van der Waals surface area contributed by atoms with Crippen LogP contribution in [0.25, 0.3) is 0 Å². The molecule has 1 rings (SSSR count). The zero-order valence-electron chi connectivity index (χ0n) is 9.97. The maximum absolute atomic E-state index is 11.0. The summed E-state index contributed by atoms with van der Waals surface area (Å²) in [6, 6.07) is 0. The summed E-state index contributed by atoms with van der Waals surface area (Å²) in [7, 11) is 1.22. The number of carbonyl (C=O) groups excluding carboxylic acids is 1. The van der Waals surface area contributed by atoms with Gasteiger partial charge in [0.05, 0.1) is 12.0 Å². The van der Waals surface area contributed by atoms with Crippen molar-refractivity contribution >= 4 is 23.4 Å². The summed E-state index contributed by atoms with van der Waals surface area (Å²) in [5, 5.41) is 16.1. The van der Waals surface area contributed by atoms with Crippen LogP contribution in [0.1, 0.15) is 6.92 Å². The molecule has 0 aromatic carbocycles. The largest absolute Gasteiger partial charge is 0.468 e. The topological polar surface area (TPSA) is 119 Å². The number of ether oxygens (including phenoxy) is 1. The molecule has 0 fully saturated rings. The van der Waals surface area contributed by atoms with Gasteiger partial charge in [-0.1, -0.05) is 0 Å². The number of nitrogens with zero attached hydrogens (tertiary/aromatic N) is 3. The number of carbonyl (C=O) groups is 1. The van der Waals surface area contributed by atoms with E-state index >= 15 is 0 Å². The highest BCUT2D eigenvalue weighted by Crippen LogP contribution is 2.21. The van der Waals surface area contributed by atoms with Crippen LogP contribution in [-0.4, -0.2) is 41.1 Å². The Kier molecular flexibility index (Phi) is 4.78. The summed E-state index contributed by atoms with van der Waals surface area (Å²) in [6.07, 6.45) is 1.07. The lowest BCUT2D eigenvalue weighted by Gasteiger charge is -2.07. The standard InChI is InChI=1S/C9H13N5O4/c1-3-10-9-12-4-6(14(16)17)8(13-9)11-5-7(15)18-2/h4H,3,5H2,1-2H3,(H2,10,11,12,13). The molecule has 1 aromatic rings. The minimum absolute atomic E-state index is 0.0312. The lowest BCUT2D eigenvalue weighted by molar-refractivity contribution is -0.384. The van der Waals surface area contributed by atoms with Gasteiger partial charge in [0.2, 0.25) is 11.8 Å². The second kappa shape index (κ2) is 6.33. The molecular weight excluding hydrogens is 242 g/mol. The average Bonchev–Trinajstić information content (AvgIpc) is 2.36. The van der Waals surface area contributed by atoms with Crippen molar-refractivity contribution in [3.05, 3.63) is 16.3 Å². The van der Waals surface area contributed by atoms with E-state index in [1.165, 1.54) is 7.11 Å². The Morgan fingerprint density at radius 3 is 2.83 bits per heavy atom. The lowest BCUT2D eigenvalue weighted by Crippen LogP contribution is -2.17. The monoisotopic (exact) mass is 255 g/mol. The first-order valence-electron chi connectivity index (χ1n) is 5.14. The van der Waals surface area contributed by atoms with E-state index in [0.717, 1.165) is 6.20 Å². The summed E-state index contributed by atoms with van der Waals surface area (Å²) in [5.41, 5.74) is -0.305. The maximum Gasteiger partial charge on any atom is 0.329 e. The van der Waals surface area contributed by atoms with Gasteiger partial charge < -0.3 is 15.4 Å². The van der Waals surface area contributed by atoms with E-state index in [9.17, 15) is 14.9 Å². The summed E-state index contributed by atoms with van der Waals surface area (Å²) >= 11 is 0. The number of nitrogens with one attached hydrogen (secondary N) is 2. The van der Waals surface area contributed by atoms with Gasteiger partial charge in [0.25, 0.3) is 0 Å². The van der Waals surface area contributed by atoms with E-state index in [1.807, 2.05) is 6.92 Å². The predicted octanol–water partition coefficient (Wildman–Crippen LogP) is 0.401. The Morgan fingerprint density at radius 1 is 1.56 bits per heavy atom. The lowest BCUT2D eigenvalue weighted by atomic mass is 10.4. The van der Waals surface area contributed by atoms with Crippen molar-refractivity contribution in [2.24, 2.45) is 0 Å². The molecule has 0 amide bonds. The van der Waals surface area contributed by atoms with E-state index in [-0.39, 0.29) is 24.0 Å². The third kappa shape index (κ3) is 3.54. The second-order valence-corrected chi connectivity index (χ2v) is 3.14. The van der Waals surface area contributed by atoms with Gasteiger partial charge in [0.15, 0.2) is 0 Å². The molecule has 0 radical (unpaired) electrons. The molecule has 0 unspecified atom stereocenters. The predicted molar refractivity (Wildman–Crippen MR) is 63.4 cm³/mol. The van der Waals surface area contributed by atoms with Crippen LogP contribution in [0.4, 0.5) is 17.5 Å². The molecule has 0 aliphatic rings. The first-order valence-corrected chi connectivity index (χ1v) is 5.14. The Morgan fingerprint density at radius 2 is 2.28 bits per heavy atom.